The van der Waals surface area contributed by atoms with E-state index in [0.29, 0.717) is 31.6 Å². The third-order valence-electron chi connectivity index (χ3n) is 17.0. The molecule has 90 heavy (non-hydrogen) atoms. The number of esters is 4. The Labute approximate surface area is 549 Å². The lowest BCUT2D eigenvalue weighted by molar-refractivity contribution is -0.161. The Morgan fingerprint density at radius 1 is 0.311 bits per heavy atom. The molecule has 0 aromatic heterocycles. The molecule has 0 rings (SSSR count). The van der Waals surface area contributed by atoms with Gasteiger partial charge in [0.1, 0.15) is 19.3 Å². The van der Waals surface area contributed by atoms with Gasteiger partial charge in [-0.05, 0) is 49.4 Å². The minimum atomic E-state index is -4.95. The molecule has 0 aromatic rings. The van der Waals surface area contributed by atoms with Crippen LogP contribution in [-0.2, 0) is 65.4 Å². The fourth-order valence-corrected chi connectivity index (χ4v) is 12.2. The largest absolute Gasteiger partial charge is 0.472 e. The molecule has 0 aliphatic heterocycles. The van der Waals surface area contributed by atoms with Gasteiger partial charge in [0.15, 0.2) is 12.2 Å². The molecule has 0 spiro atoms. The van der Waals surface area contributed by atoms with Gasteiger partial charge in [0, 0.05) is 25.7 Å². The molecule has 0 aliphatic rings. The lowest BCUT2D eigenvalue weighted by atomic mass is 10.00. The highest BCUT2D eigenvalue weighted by molar-refractivity contribution is 7.47. The third kappa shape index (κ3) is 62.2. The molecule has 19 heteroatoms. The standard InChI is InChI=1S/C71H138O17P2/c1-9-63(7)49-41-33-26-29-36-44-52-69(74)82-58-67(87-70(75)53-45-37-28-25-32-40-48-62(5)6)60-86-90(79,80)84-56-65(72)55-83-89(77,78)85-59-66(88-71(76)54-46-38-30-27-34-42-50-64(8)10-2)57-81-68(73)51-43-35-24-22-20-18-16-14-12-11-13-15-17-19-21-23-31-39-47-61(3)4/h61-67,72H,9-60H2,1-8H3,(H,77,78)(H,79,80)/t63?,64?,65-,66-,67-/m1/s1. The molecule has 0 saturated carbocycles. The predicted molar refractivity (Wildman–Crippen MR) is 363 cm³/mol. The summed E-state index contributed by atoms with van der Waals surface area (Å²) in [4.78, 5) is 72.4. The van der Waals surface area contributed by atoms with Crippen molar-refractivity contribution in [1.29, 1.82) is 0 Å². The summed E-state index contributed by atoms with van der Waals surface area (Å²) in [6.45, 7) is 14.0. The molecular formula is C71H138O17P2. The summed E-state index contributed by atoms with van der Waals surface area (Å²) in [5, 5.41) is 10.6. The van der Waals surface area contributed by atoms with Gasteiger partial charge in [-0.1, -0.05) is 299 Å². The zero-order valence-electron chi connectivity index (χ0n) is 58.8. The molecule has 0 aromatic carbocycles. The van der Waals surface area contributed by atoms with Crippen molar-refractivity contribution in [3.63, 3.8) is 0 Å². The Morgan fingerprint density at radius 2 is 0.533 bits per heavy atom. The van der Waals surface area contributed by atoms with Crippen molar-refractivity contribution >= 4 is 39.5 Å². The van der Waals surface area contributed by atoms with Crippen molar-refractivity contribution in [2.24, 2.45) is 23.7 Å². The molecule has 17 nitrogen and oxygen atoms in total. The fourth-order valence-electron chi connectivity index (χ4n) is 10.6. The van der Waals surface area contributed by atoms with Gasteiger partial charge in [0.25, 0.3) is 0 Å². The van der Waals surface area contributed by atoms with Gasteiger partial charge in [-0.2, -0.15) is 0 Å². The van der Waals surface area contributed by atoms with E-state index in [0.717, 1.165) is 114 Å². The summed E-state index contributed by atoms with van der Waals surface area (Å²) in [5.41, 5.74) is 0. The Morgan fingerprint density at radius 3 is 0.789 bits per heavy atom. The van der Waals surface area contributed by atoms with Crippen LogP contribution in [0.25, 0.3) is 0 Å². The molecule has 0 bridgehead atoms. The monoisotopic (exact) mass is 1320 g/mol. The van der Waals surface area contributed by atoms with Gasteiger partial charge < -0.3 is 33.8 Å². The van der Waals surface area contributed by atoms with E-state index in [2.05, 4.69) is 55.4 Å². The number of phosphoric ester groups is 2. The maximum atomic E-state index is 13.0. The van der Waals surface area contributed by atoms with Crippen LogP contribution < -0.4 is 0 Å². The van der Waals surface area contributed by atoms with E-state index >= 15 is 0 Å². The van der Waals surface area contributed by atoms with E-state index in [4.69, 9.17) is 37.0 Å². The van der Waals surface area contributed by atoms with Crippen LogP contribution in [0.4, 0.5) is 0 Å². The molecule has 0 amide bonds. The second-order valence-electron chi connectivity index (χ2n) is 27.1. The second-order valence-corrected chi connectivity index (χ2v) is 30.0. The number of hydrogen-bond donors (Lipinski definition) is 3. The van der Waals surface area contributed by atoms with Gasteiger partial charge in [-0.15, -0.1) is 0 Å². The first-order chi connectivity index (χ1) is 43.2. The summed E-state index contributed by atoms with van der Waals surface area (Å²) >= 11 is 0. The van der Waals surface area contributed by atoms with E-state index in [1.165, 1.54) is 148 Å². The SMILES string of the molecule is CCC(C)CCCCCCCCC(=O)OC[C@H](COP(=O)(O)OC[C@H](O)COP(=O)(O)OC[C@@H](COC(=O)CCCCCCCCCCCCCCCCCCCCC(C)C)OC(=O)CCCCCCCCC(C)CC)OC(=O)CCCCCCCCC(C)C. The predicted octanol–water partition coefficient (Wildman–Crippen LogP) is 20.1. The number of unbranched alkanes of at least 4 members (excludes halogenated alkanes) is 32. The minimum Gasteiger partial charge on any atom is -0.462 e. The van der Waals surface area contributed by atoms with Crippen molar-refractivity contribution in [2.75, 3.05) is 39.6 Å². The van der Waals surface area contributed by atoms with Gasteiger partial charge in [0.05, 0.1) is 26.4 Å². The second kappa shape index (κ2) is 60.7. The summed E-state index contributed by atoms with van der Waals surface area (Å²) < 4.78 is 68.2. The number of phosphoric acid groups is 2. The number of carbonyl (C=O) groups excluding carboxylic acids is 4. The number of aliphatic hydroxyl groups excluding tert-OH is 1. The van der Waals surface area contributed by atoms with E-state index < -0.39 is 97.5 Å². The first kappa shape index (κ1) is 88.1. The number of aliphatic hydroxyl groups is 1. The Hall–Kier alpha value is -1.94. The zero-order chi connectivity index (χ0) is 66.8. The minimum absolute atomic E-state index is 0.101. The van der Waals surface area contributed by atoms with Crippen LogP contribution in [0.2, 0.25) is 0 Å². The van der Waals surface area contributed by atoms with Crippen LogP contribution in [0, 0.1) is 23.7 Å². The average molecular weight is 1330 g/mol. The summed E-state index contributed by atoms with van der Waals surface area (Å²) in [6, 6.07) is 0. The normalized spacial score (nSPS) is 14.9. The van der Waals surface area contributed by atoms with Crippen LogP contribution in [0.15, 0.2) is 0 Å². The van der Waals surface area contributed by atoms with E-state index in [1.54, 1.807) is 0 Å². The molecule has 0 heterocycles. The van der Waals surface area contributed by atoms with Crippen molar-refractivity contribution in [1.82, 2.24) is 0 Å². The molecule has 3 N–H and O–H groups in total. The molecule has 0 saturated heterocycles. The highest BCUT2D eigenvalue weighted by Crippen LogP contribution is 2.45. The van der Waals surface area contributed by atoms with Crippen molar-refractivity contribution in [2.45, 2.75) is 369 Å². The van der Waals surface area contributed by atoms with E-state index in [-0.39, 0.29) is 25.7 Å². The maximum absolute atomic E-state index is 13.0. The zero-order valence-corrected chi connectivity index (χ0v) is 60.6. The number of hydrogen-bond acceptors (Lipinski definition) is 15. The molecular weight excluding hydrogens is 1190 g/mol. The van der Waals surface area contributed by atoms with E-state index in [9.17, 15) is 43.2 Å². The highest BCUT2D eigenvalue weighted by atomic mass is 31.2. The molecule has 0 aliphatic carbocycles. The average Bonchev–Trinajstić information content (AvgIpc) is 3.20. The van der Waals surface area contributed by atoms with Gasteiger partial charge in [0.2, 0.25) is 0 Å². The first-order valence-electron chi connectivity index (χ1n) is 36.8. The van der Waals surface area contributed by atoms with Crippen LogP contribution >= 0.6 is 15.6 Å². The lowest BCUT2D eigenvalue weighted by Crippen LogP contribution is -2.30. The summed E-state index contributed by atoms with van der Waals surface area (Å²) in [7, 11) is -9.90. The highest BCUT2D eigenvalue weighted by Gasteiger charge is 2.30. The van der Waals surface area contributed by atoms with Crippen LogP contribution in [0.3, 0.4) is 0 Å². The molecule has 0 fully saturated rings. The summed E-state index contributed by atoms with van der Waals surface area (Å²) in [6.07, 6.45) is 43.5. The van der Waals surface area contributed by atoms with Crippen LogP contribution in [0.5, 0.6) is 0 Å². The van der Waals surface area contributed by atoms with E-state index in [1.807, 2.05) is 0 Å². The number of rotatable bonds is 68. The maximum Gasteiger partial charge on any atom is 0.472 e. The number of carbonyl (C=O) groups is 4. The molecule has 0 radical (unpaired) electrons. The Balaban J connectivity index is 5.12. The third-order valence-corrected chi connectivity index (χ3v) is 18.9. The number of ether oxygens (including phenoxy) is 4. The Kier molecular flexibility index (Phi) is 59.4. The van der Waals surface area contributed by atoms with Crippen LogP contribution in [-0.4, -0.2) is 96.7 Å². The first-order valence-corrected chi connectivity index (χ1v) is 39.8. The smallest absolute Gasteiger partial charge is 0.462 e. The van der Waals surface area contributed by atoms with Crippen molar-refractivity contribution in [3.05, 3.63) is 0 Å². The molecule has 534 valence electrons. The fraction of sp³-hybridized carbons (Fsp3) is 0.944. The quantitative estimate of drug-likeness (QED) is 0.0222. The van der Waals surface area contributed by atoms with Crippen molar-refractivity contribution in [3.8, 4) is 0 Å². The molecule has 4 unspecified atom stereocenters. The van der Waals surface area contributed by atoms with Crippen LogP contribution in [0.1, 0.15) is 351 Å². The Bertz CT molecular complexity index is 1790. The lowest BCUT2D eigenvalue weighted by Gasteiger charge is -2.21. The van der Waals surface area contributed by atoms with Crippen molar-refractivity contribution < 1.29 is 80.2 Å². The molecule has 7 atom stereocenters. The van der Waals surface area contributed by atoms with Gasteiger partial charge in [-0.3, -0.25) is 37.3 Å². The van der Waals surface area contributed by atoms with Gasteiger partial charge >= 0.3 is 39.5 Å². The topological polar surface area (TPSA) is 237 Å². The van der Waals surface area contributed by atoms with Gasteiger partial charge in [-0.25, -0.2) is 9.13 Å². The summed E-state index contributed by atoms with van der Waals surface area (Å²) in [5.74, 6) is 0.806.